The first-order valence-electron chi connectivity index (χ1n) is 9.58. The molecule has 0 spiro atoms. The van der Waals surface area contributed by atoms with Gasteiger partial charge in [0.25, 0.3) is 0 Å². The van der Waals surface area contributed by atoms with Gasteiger partial charge in [0.2, 0.25) is 0 Å². The van der Waals surface area contributed by atoms with Gasteiger partial charge in [-0.15, -0.1) is 0 Å². The fourth-order valence-corrected chi connectivity index (χ4v) is 4.16. The van der Waals surface area contributed by atoms with E-state index in [4.69, 9.17) is 17.2 Å². The minimum Gasteiger partial charge on any atom is -0.399 e. The van der Waals surface area contributed by atoms with Crippen molar-refractivity contribution in [3.8, 4) is 22.3 Å². The molecule has 0 unspecified atom stereocenters. The van der Waals surface area contributed by atoms with Gasteiger partial charge in [-0.25, -0.2) is 0 Å². The topological polar surface area (TPSA) is 78.1 Å². The Morgan fingerprint density at radius 2 is 0.862 bits per heavy atom. The van der Waals surface area contributed by atoms with E-state index in [1.807, 2.05) is 42.5 Å². The van der Waals surface area contributed by atoms with Gasteiger partial charge >= 0.3 is 0 Å². The molecule has 5 aromatic rings. The summed E-state index contributed by atoms with van der Waals surface area (Å²) in [6.07, 6.45) is 0. The average molecular weight is 375 g/mol. The van der Waals surface area contributed by atoms with Gasteiger partial charge in [-0.2, -0.15) is 0 Å². The molecule has 0 aliphatic heterocycles. The van der Waals surface area contributed by atoms with Crippen LogP contribution in [0, 0.1) is 0 Å². The van der Waals surface area contributed by atoms with E-state index in [9.17, 15) is 0 Å². The molecule has 0 aromatic heterocycles. The quantitative estimate of drug-likeness (QED) is 0.259. The Hall–Kier alpha value is -3.98. The molecule has 0 saturated carbocycles. The zero-order valence-corrected chi connectivity index (χ0v) is 15.9. The summed E-state index contributed by atoms with van der Waals surface area (Å²) >= 11 is 0. The van der Waals surface area contributed by atoms with Crippen LogP contribution in [0.2, 0.25) is 0 Å². The number of hydrogen-bond donors (Lipinski definition) is 3. The fraction of sp³-hybridized carbons (Fsp3) is 0. The van der Waals surface area contributed by atoms with Crippen LogP contribution in [0.25, 0.3) is 43.8 Å². The van der Waals surface area contributed by atoms with Gasteiger partial charge in [-0.3, -0.25) is 0 Å². The number of nitrogen functional groups attached to an aromatic ring is 3. The maximum Gasteiger partial charge on any atom is 0.0554 e. The summed E-state index contributed by atoms with van der Waals surface area (Å²) in [6.45, 7) is 0. The zero-order valence-electron chi connectivity index (χ0n) is 15.9. The Morgan fingerprint density at radius 1 is 0.414 bits per heavy atom. The minimum atomic E-state index is 0.581. The molecule has 3 nitrogen and oxygen atoms in total. The van der Waals surface area contributed by atoms with Gasteiger partial charge in [0.15, 0.2) is 0 Å². The third-order valence-corrected chi connectivity index (χ3v) is 5.47. The highest BCUT2D eigenvalue weighted by atomic mass is 14.7. The molecule has 0 aliphatic rings. The van der Waals surface area contributed by atoms with E-state index in [0.717, 1.165) is 49.5 Å². The van der Waals surface area contributed by atoms with Crippen molar-refractivity contribution in [1.29, 1.82) is 0 Å². The molecule has 0 bridgehead atoms. The number of anilines is 3. The van der Waals surface area contributed by atoms with Gasteiger partial charge < -0.3 is 17.2 Å². The summed E-state index contributed by atoms with van der Waals surface area (Å²) in [5.74, 6) is 0. The van der Waals surface area contributed by atoms with E-state index < -0.39 is 0 Å². The highest BCUT2D eigenvalue weighted by Crippen LogP contribution is 2.45. The van der Waals surface area contributed by atoms with E-state index in [0.29, 0.717) is 11.4 Å². The molecule has 0 fully saturated rings. The Balaban J connectivity index is 2.07. The summed E-state index contributed by atoms with van der Waals surface area (Å²) in [4.78, 5) is 0. The molecule has 6 N–H and O–H groups in total. The van der Waals surface area contributed by atoms with E-state index in [1.54, 1.807) is 0 Å². The van der Waals surface area contributed by atoms with E-state index in [-0.39, 0.29) is 0 Å². The number of hydrogen-bond acceptors (Lipinski definition) is 3. The Kier molecular flexibility index (Phi) is 3.88. The molecular weight excluding hydrogens is 354 g/mol. The monoisotopic (exact) mass is 375 g/mol. The molecule has 5 rings (SSSR count). The predicted octanol–water partition coefficient (Wildman–Crippen LogP) is 6.07. The molecule has 0 amide bonds. The van der Waals surface area contributed by atoms with Crippen molar-refractivity contribution in [3.63, 3.8) is 0 Å². The van der Waals surface area contributed by atoms with Crippen LogP contribution in [0.5, 0.6) is 0 Å². The van der Waals surface area contributed by atoms with Crippen molar-refractivity contribution in [2.45, 2.75) is 0 Å². The number of nitrogens with two attached hydrogens (primary N) is 3. The predicted molar refractivity (Wildman–Crippen MR) is 126 cm³/mol. The molecule has 3 heteroatoms. The van der Waals surface area contributed by atoms with E-state index >= 15 is 0 Å². The third kappa shape index (κ3) is 2.75. The first-order valence-corrected chi connectivity index (χ1v) is 9.58. The average Bonchev–Trinajstić information content (AvgIpc) is 2.74. The lowest BCUT2D eigenvalue weighted by atomic mass is 9.85. The van der Waals surface area contributed by atoms with E-state index in [1.165, 1.54) is 0 Å². The molecule has 140 valence electrons. The van der Waals surface area contributed by atoms with Gasteiger partial charge in [0, 0.05) is 5.69 Å². The normalized spacial score (nSPS) is 11.2. The summed E-state index contributed by atoms with van der Waals surface area (Å²) in [7, 11) is 0. The maximum atomic E-state index is 6.25. The summed E-state index contributed by atoms with van der Waals surface area (Å²) in [6, 6.07) is 30.8. The molecule has 29 heavy (non-hydrogen) atoms. The van der Waals surface area contributed by atoms with Crippen LogP contribution in [0.1, 0.15) is 0 Å². The van der Waals surface area contributed by atoms with Crippen LogP contribution in [-0.2, 0) is 0 Å². The van der Waals surface area contributed by atoms with Crippen LogP contribution in [-0.4, -0.2) is 0 Å². The van der Waals surface area contributed by atoms with Crippen molar-refractivity contribution in [3.05, 3.63) is 91.0 Å². The van der Waals surface area contributed by atoms with Crippen LogP contribution in [0.15, 0.2) is 91.0 Å². The third-order valence-electron chi connectivity index (χ3n) is 5.47. The number of rotatable bonds is 2. The van der Waals surface area contributed by atoms with Gasteiger partial charge in [0.05, 0.1) is 11.4 Å². The van der Waals surface area contributed by atoms with Crippen LogP contribution in [0.4, 0.5) is 17.1 Å². The lowest BCUT2D eigenvalue weighted by molar-refractivity contribution is 1.64. The second-order valence-electron chi connectivity index (χ2n) is 7.31. The first-order chi connectivity index (χ1) is 14.1. The maximum absolute atomic E-state index is 6.25. The van der Waals surface area contributed by atoms with Gasteiger partial charge in [-0.05, 0) is 68.1 Å². The number of fused-ring (bicyclic) bond motifs is 2. The largest absolute Gasteiger partial charge is 0.399 e. The smallest absolute Gasteiger partial charge is 0.0554 e. The summed E-state index contributed by atoms with van der Waals surface area (Å²) in [5.41, 5.74) is 25.1. The minimum absolute atomic E-state index is 0.581. The lowest BCUT2D eigenvalue weighted by Gasteiger charge is -2.19. The van der Waals surface area contributed by atoms with Gasteiger partial charge in [-0.1, -0.05) is 66.7 Å². The molecule has 0 saturated heterocycles. The molecule has 0 atom stereocenters. The lowest BCUT2D eigenvalue weighted by Crippen LogP contribution is -1.97. The first kappa shape index (κ1) is 17.1. The van der Waals surface area contributed by atoms with Crippen molar-refractivity contribution < 1.29 is 0 Å². The Morgan fingerprint density at radius 3 is 1.38 bits per heavy atom. The van der Waals surface area contributed by atoms with Crippen LogP contribution >= 0.6 is 0 Å². The Labute approximate surface area is 169 Å². The Bertz CT molecular complexity index is 1360. The molecule has 0 heterocycles. The standard InChI is InChI=1S/C26H21N3/c27-18-11-12-19-20(13-18)26(17-9-5-2-6-10-17)22-15-24(29)23(28)14-21(22)25(19)16-7-3-1-4-8-16/h1-15H,27-29H2. The molecular formula is C26H21N3. The highest BCUT2D eigenvalue weighted by molar-refractivity contribution is 6.22. The van der Waals surface area contributed by atoms with Crippen molar-refractivity contribution in [1.82, 2.24) is 0 Å². The zero-order chi connectivity index (χ0) is 20.0. The van der Waals surface area contributed by atoms with Crippen molar-refractivity contribution >= 4 is 38.6 Å². The highest BCUT2D eigenvalue weighted by Gasteiger charge is 2.18. The summed E-state index contributed by atoms with van der Waals surface area (Å²) < 4.78 is 0. The van der Waals surface area contributed by atoms with Gasteiger partial charge in [0.1, 0.15) is 0 Å². The number of benzene rings is 5. The molecule has 5 aromatic carbocycles. The molecule has 0 radical (unpaired) electrons. The van der Waals surface area contributed by atoms with Crippen LogP contribution < -0.4 is 17.2 Å². The van der Waals surface area contributed by atoms with Crippen molar-refractivity contribution in [2.24, 2.45) is 0 Å². The molecule has 0 aliphatic carbocycles. The SMILES string of the molecule is Nc1ccc2c(-c3ccccc3)c3cc(N)c(N)cc3c(-c3ccccc3)c2c1. The summed E-state index contributed by atoms with van der Waals surface area (Å²) in [5, 5.41) is 4.39. The van der Waals surface area contributed by atoms with Crippen LogP contribution in [0.3, 0.4) is 0 Å². The second-order valence-corrected chi connectivity index (χ2v) is 7.31. The van der Waals surface area contributed by atoms with E-state index in [2.05, 4.69) is 48.5 Å². The van der Waals surface area contributed by atoms with Crippen molar-refractivity contribution in [2.75, 3.05) is 17.2 Å². The second kappa shape index (κ2) is 6.57. The fourth-order valence-electron chi connectivity index (χ4n) is 4.16.